The standard InChI is InChI=1S/C2HF3.3FH/c3-1-2(4)5;;;/h1H;3*1H. The van der Waals surface area contributed by atoms with E-state index >= 15 is 0 Å². The van der Waals surface area contributed by atoms with E-state index in [1.54, 1.807) is 0 Å². The minimum Gasteiger partial charge on any atom is -0.269 e. The third-order valence-electron chi connectivity index (χ3n) is 0.0825. The van der Waals surface area contributed by atoms with Gasteiger partial charge in [0.25, 0.3) is 6.08 Å². The van der Waals surface area contributed by atoms with Gasteiger partial charge in [-0.25, -0.2) is 4.39 Å². The van der Waals surface area contributed by atoms with Crippen LogP contribution < -0.4 is 0 Å². The van der Waals surface area contributed by atoms with Crippen molar-refractivity contribution in [3.63, 3.8) is 0 Å². The number of hydrogen-bond donors (Lipinski definition) is 0. The second kappa shape index (κ2) is 16.2. The van der Waals surface area contributed by atoms with Gasteiger partial charge in [-0.1, -0.05) is 0 Å². The average molecular weight is 142 g/mol. The molecule has 54 valence electrons. The second-order valence-electron chi connectivity index (χ2n) is 0.399. The molecule has 0 saturated heterocycles. The van der Waals surface area contributed by atoms with E-state index in [-0.39, 0.29) is 14.1 Å². The smallest absolute Gasteiger partial charge is 0.269 e. The lowest BCUT2D eigenvalue weighted by molar-refractivity contribution is 0.400. The van der Waals surface area contributed by atoms with Crippen LogP contribution in [0.25, 0.3) is 0 Å². The molecule has 0 heterocycles. The summed E-state index contributed by atoms with van der Waals surface area (Å²) < 4.78 is 30.7. The van der Waals surface area contributed by atoms with Crippen molar-refractivity contribution in [2.24, 2.45) is 0 Å². The fourth-order valence-corrected chi connectivity index (χ4v) is 0. The van der Waals surface area contributed by atoms with Gasteiger partial charge in [0.1, 0.15) is 0 Å². The maximum Gasteiger partial charge on any atom is 0.298 e. The minimum absolute atomic E-state index is 0. The molecule has 0 spiro atoms. The van der Waals surface area contributed by atoms with Crippen LogP contribution in [-0.4, -0.2) is 0 Å². The van der Waals surface area contributed by atoms with E-state index in [1.165, 1.54) is 0 Å². The highest BCUT2D eigenvalue weighted by atomic mass is 19.3. The quantitative estimate of drug-likeness (QED) is 0.454. The molecule has 0 saturated carbocycles. The largest absolute Gasteiger partial charge is 0.298 e. The van der Waals surface area contributed by atoms with Crippen molar-refractivity contribution < 1.29 is 27.3 Å². The number of rotatable bonds is 0. The van der Waals surface area contributed by atoms with E-state index in [0.717, 1.165) is 0 Å². The van der Waals surface area contributed by atoms with Gasteiger partial charge in [-0.15, -0.1) is 0 Å². The fourth-order valence-electron chi connectivity index (χ4n) is 0. The summed E-state index contributed by atoms with van der Waals surface area (Å²) in [6.45, 7) is 0. The first-order valence-corrected chi connectivity index (χ1v) is 0.885. The molecule has 0 aromatic heterocycles. The number of hydrogen-bond acceptors (Lipinski definition) is 0. The van der Waals surface area contributed by atoms with Gasteiger partial charge in [-0.05, 0) is 0 Å². The van der Waals surface area contributed by atoms with E-state index in [9.17, 15) is 13.2 Å². The molecule has 0 aromatic rings. The fraction of sp³-hybridized carbons (Fsp3) is 0. The Morgan fingerprint density at radius 2 is 1.12 bits per heavy atom. The molecule has 0 bridgehead atoms. The van der Waals surface area contributed by atoms with Crippen molar-refractivity contribution in [2.45, 2.75) is 0 Å². The van der Waals surface area contributed by atoms with Crippen LogP contribution in [-0.2, 0) is 0 Å². The van der Waals surface area contributed by atoms with E-state index in [4.69, 9.17) is 0 Å². The monoisotopic (exact) mass is 142 g/mol. The summed E-state index contributed by atoms with van der Waals surface area (Å²) in [6, 6.07) is 0. The van der Waals surface area contributed by atoms with E-state index in [1.807, 2.05) is 0 Å². The van der Waals surface area contributed by atoms with E-state index in [2.05, 4.69) is 0 Å². The molecule has 6 heteroatoms. The Morgan fingerprint density at radius 1 is 1.00 bits per heavy atom. The SMILES string of the molecule is F.F.F.FC=C(F)F. The molecule has 0 aliphatic heterocycles. The Kier molecular flexibility index (Phi) is 53.8. The molecule has 0 unspecified atom stereocenters. The molecule has 0 atom stereocenters. The van der Waals surface area contributed by atoms with E-state index in [0.29, 0.717) is 0 Å². The molecule has 0 aliphatic rings. The maximum atomic E-state index is 10.2. The van der Waals surface area contributed by atoms with Gasteiger partial charge in [0.05, 0.1) is 0 Å². The highest BCUT2D eigenvalue weighted by Crippen LogP contribution is 1.93. The van der Waals surface area contributed by atoms with Crippen molar-refractivity contribution in [2.75, 3.05) is 0 Å². The first-order chi connectivity index (χ1) is 2.27. The lowest BCUT2D eigenvalue weighted by Gasteiger charge is -1.59. The molecule has 0 amide bonds. The lowest BCUT2D eigenvalue weighted by atomic mass is 11.1. The normalized spacial score (nSPS) is 4.38. The van der Waals surface area contributed by atoms with Crippen molar-refractivity contribution in [3.05, 3.63) is 12.4 Å². The Labute approximate surface area is 41.1 Å². The highest BCUT2D eigenvalue weighted by Gasteiger charge is 1.78. The van der Waals surface area contributed by atoms with Crippen molar-refractivity contribution >= 4 is 0 Å². The third kappa shape index (κ3) is 57.0. The van der Waals surface area contributed by atoms with Crippen LogP contribution in [0.4, 0.5) is 27.3 Å². The van der Waals surface area contributed by atoms with Crippen molar-refractivity contribution in [1.29, 1.82) is 0 Å². The van der Waals surface area contributed by atoms with Crippen LogP contribution in [0.3, 0.4) is 0 Å². The molecule has 0 aromatic carbocycles. The predicted octanol–water partition coefficient (Wildman–Crippen LogP) is 2.15. The molecule has 0 fully saturated rings. The summed E-state index contributed by atoms with van der Waals surface area (Å²) in [5.41, 5.74) is 0. The van der Waals surface area contributed by atoms with Gasteiger partial charge in [0.2, 0.25) is 0 Å². The summed E-state index contributed by atoms with van der Waals surface area (Å²) in [4.78, 5) is 0. The molecular formula is C2H4F6. The summed E-state index contributed by atoms with van der Waals surface area (Å²) in [5.74, 6) is 0. The molecule has 0 aliphatic carbocycles. The van der Waals surface area contributed by atoms with Crippen molar-refractivity contribution in [1.82, 2.24) is 0 Å². The minimum atomic E-state index is -2.29. The summed E-state index contributed by atoms with van der Waals surface area (Å²) >= 11 is 0. The second-order valence-corrected chi connectivity index (χ2v) is 0.399. The van der Waals surface area contributed by atoms with Crippen molar-refractivity contribution in [3.8, 4) is 0 Å². The van der Waals surface area contributed by atoms with Gasteiger partial charge < -0.3 is 0 Å². The third-order valence-corrected chi connectivity index (χ3v) is 0.0825. The Bertz CT molecular complexity index is 44.5. The molecule has 0 nitrogen and oxygen atoms in total. The van der Waals surface area contributed by atoms with Crippen LogP contribution in [0.2, 0.25) is 0 Å². The highest BCUT2D eigenvalue weighted by molar-refractivity contribution is 4.66. The molecule has 0 N–H and O–H groups in total. The Balaban J connectivity index is -0.0000000267. The molecular weight excluding hydrogens is 138 g/mol. The summed E-state index contributed by atoms with van der Waals surface area (Å²) in [5, 5.41) is 0. The van der Waals surface area contributed by atoms with Crippen LogP contribution in [0.15, 0.2) is 12.4 Å². The zero-order valence-corrected chi connectivity index (χ0v) is 3.44. The first kappa shape index (κ1) is 26.5. The molecule has 0 rings (SSSR count). The lowest BCUT2D eigenvalue weighted by Crippen LogP contribution is -1.42. The van der Waals surface area contributed by atoms with Crippen LogP contribution >= 0.6 is 0 Å². The summed E-state index contributed by atoms with van der Waals surface area (Å²) in [7, 11) is 0. The zero-order valence-electron chi connectivity index (χ0n) is 3.44. The number of halogens is 6. The molecule has 8 heavy (non-hydrogen) atoms. The van der Waals surface area contributed by atoms with Gasteiger partial charge >= 0.3 is 0 Å². The topological polar surface area (TPSA) is 0 Å². The van der Waals surface area contributed by atoms with Gasteiger partial charge in [-0.3, -0.25) is 14.1 Å². The average Bonchev–Trinajstić information content (AvgIpc) is 1.38. The molecule has 0 radical (unpaired) electrons. The maximum absolute atomic E-state index is 10.2. The van der Waals surface area contributed by atoms with E-state index < -0.39 is 12.4 Å². The van der Waals surface area contributed by atoms with Crippen LogP contribution in [0.1, 0.15) is 0 Å². The van der Waals surface area contributed by atoms with Crippen LogP contribution in [0.5, 0.6) is 0 Å². The Hall–Kier alpha value is -0.680. The van der Waals surface area contributed by atoms with Crippen LogP contribution in [0, 0.1) is 0 Å². The zero-order chi connectivity index (χ0) is 4.28. The summed E-state index contributed by atoms with van der Waals surface area (Å²) in [6.07, 6.45) is -3.04. The van der Waals surface area contributed by atoms with Gasteiger partial charge in [-0.2, -0.15) is 8.78 Å². The first-order valence-electron chi connectivity index (χ1n) is 0.885. The van der Waals surface area contributed by atoms with Gasteiger partial charge in [0, 0.05) is 0 Å². The predicted molar refractivity (Wildman–Crippen MR) is 18.9 cm³/mol. The Morgan fingerprint density at radius 3 is 1.12 bits per heavy atom. The van der Waals surface area contributed by atoms with Gasteiger partial charge in [0.15, 0.2) is 6.33 Å².